The topological polar surface area (TPSA) is 62.6 Å². The summed E-state index contributed by atoms with van der Waals surface area (Å²) >= 11 is 0. The molecule has 0 fully saturated rings. The minimum Gasteiger partial charge on any atom is -0.474 e. The first kappa shape index (κ1) is 7.17. The summed E-state index contributed by atoms with van der Waals surface area (Å²) in [5.74, 6) is 0.524. The number of imidazole rings is 1. The van der Waals surface area contributed by atoms with Gasteiger partial charge in [0, 0.05) is 12.3 Å². The number of H-pyrrole nitrogens is 1. The summed E-state index contributed by atoms with van der Waals surface area (Å²) in [6.45, 7) is 0.283. The fraction of sp³-hybridized carbons (Fsp3) is 0.286. The predicted molar refractivity (Wildman–Crippen MR) is 42.1 cm³/mol. The van der Waals surface area contributed by atoms with E-state index in [2.05, 4.69) is 10.1 Å². The molecule has 0 bridgehead atoms. The maximum absolute atomic E-state index is 8.49. The molecule has 0 saturated heterocycles. The van der Waals surface area contributed by atoms with E-state index in [1.165, 1.54) is 0 Å². The van der Waals surface area contributed by atoms with E-state index < -0.39 is 0 Å². The number of aromatic nitrogens is 3. The molecule has 5 heteroatoms. The smallest absolute Gasteiger partial charge is 0.234 e. The van der Waals surface area contributed by atoms with Crippen LogP contribution in [0.2, 0.25) is 0 Å². The van der Waals surface area contributed by atoms with Gasteiger partial charge >= 0.3 is 0 Å². The van der Waals surface area contributed by atoms with E-state index in [4.69, 9.17) is 9.84 Å². The summed E-state index contributed by atoms with van der Waals surface area (Å²) in [6.07, 6.45) is 3.52. The van der Waals surface area contributed by atoms with Gasteiger partial charge in [-0.2, -0.15) is 4.98 Å². The van der Waals surface area contributed by atoms with Crippen LogP contribution in [0.15, 0.2) is 18.5 Å². The molecule has 0 aliphatic rings. The highest BCUT2D eigenvalue weighted by Gasteiger charge is 2.00. The maximum atomic E-state index is 8.49. The molecule has 5 nitrogen and oxygen atoms in total. The summed E-state index contributed by atoms with van der Waals surface area (Å²) in [4.78, 5) is 4.11. The number of aliphatic hydroxyl groups excluding tert-OH is 1. The van der Waals surface area contributed by atoms with E-state index in [1.54, 1.807) is 16.9 Å². The number of nitrogens with one attached hydrogen (secondary N) is 1. The molecule has 64 valence electrons. The van der Waals surface area contributed by atoms with Gasteiger partial charge in [-0.1, -0.05) is 0 Å². The molecule has 0 aliphatic carbocycles. The Morgan fingerprint density at radius 2 is 2.58 bits per heavy atom. The van der Waals surface area contributed by atoms with Crippen LogP contribution in [0.4, 0.5) is 0 Å². The minimum atomic E-state index is 0.00542. The second kappa shape index (κ2) is 2.86. The molecule has 0 unspecified atom stereocenters. The van der Waals surface area contributed by atoms with E-state index in [0.29, 0.717) is 5.88 Å². The molecule has 0 aliphatic heterocycles. The standard InChI is InChI=1S/C7H9N3O2/c11-3-4-12-7-5-10-6(9-7)1-2-8-10/h1-2,5,8,11H,3-4H2. The summed E-state index contributed by atoms with van der Waals surface area (Å²) < 4.78 is 6.84. The Balaban J connectivity index is 2.21. The van der Waals surface area contributed by atoms with Crippen LogP contribution in [0, 0.1) is 0 Å². The van der Waals surface area contributed by atoms with Crippen molar-refractivity contribution in [2.24, 2.45) is 0 Å². The van der Waals surface area contributed by atoms with Crippen molar-refractivity contribution < 1.29 is 9.84 Å². The van der Waals surface area contributed by atoms with E-state index in [0.717, 1.165) is 5.65 Å². The number of nitrogens with zero attached hydrogens (tertiary/aromatic N) is 2. The zero-order chi connectivity index (χ0) is 8.39. The SMILES string of the molecule is OCCOc1cn2[nH]ccc2n1. The Kier molecular flexibility index (Phi) is 1.71. The first-order valence-electron chi connectivity index (χ1n) is 3.66. The Bertz CT molecular complexity index is 337. The third-order valence-electron chi connectivity index (χ3n) is 1.50. The lowest BCUT2D eigenvalue weighted by molar-refractivity contribution is 0.197. The molecule has 2 heterocycles. The molecule has 2 rings (SSSR count). The second-order valence-electron chi connectivity index (χ2n) is 2.34. The first-order chi connectivity index (χ1) is 5.90. The minimum absolute atomic E-state index is 0.00542. The molecule has 2 aromatic heterocycles. The van der Waals surface area contributed by atoms with Crippen LogP contribution in [0.25, 0.3) is 5.65 Å². The van der Waals surface area contributed by atoms with Gasteiger partial charge in [0.05, 0.1) is 12.8 Å². The van der Waals surface area contributed by atoms with Gasteiger partial charge in [0.2, 0.25) is 5.88 Å². The quantitative estimate of drug-likeness (QED) is 0.678. The monoisotopic (exact) mass is 167 g/mol. The van der Waals surface area contributed by atoms with E-state index >= 15 is 0 Å². The molecule has 0 spiro atoms. The normalized spacial score (nSPS) is 10.8. The average Bonchev–Trinajstić information content (AvgIpc) is 2.58. The molecule has 0 aromatic carbocycles. The van der Waals surface area contributed by atoms with Crippen LogP contribution in [-0.2, 0) is 0 Å². The highest BCUT2D eigenvalue weighted by molar-refractivity contribution is 5.39. The van der Waals surface area contributed by atoms with Crippen LogP contribution in [0.3, 0.4) is 0 Å². The van der Waals surface area contributed by atoms with Crippen molar-refractivity contribution in [1.29, 1.82) is 0 Å². The Hall–Kier alpha value is -1.49. The Labute approximate surface area is 68.6 Å². The lowest BCUT2D eigenvalue weighted by Crippen LogP contribution is -2.01. The predicted octanol–water partition coefficient (Wildman–Crippen LogP) is 0.0335. The second-order valence-corrected chi connectivity index (χ2v) is 2.34. The highest BCUT2D eigenvalue weighted by Crippen LogP contribution is 2.09. The van der Waals surface area contributed by atoms with Crippen LogP contribution >= 0.6 is 0 Å². The number of ether oxygens (including phenoxy) is 1. The lowest BCUT2D eigenvalue weighted by atomic mass is 10.7. The summed E-state index contributed by atoms with van der Waals surface area (Å²) in [7, 11) is 0. The maximum Gasteiger partial charge on any atom is 0.234 e. The highest BCUT2D eigenvalue weighted by atomic mass is 16.5. The van der Waals surface area contributed by atoms with Gasteiger partial charge in [-0.05, 0) is 0 Å². The molecular weight excluding hydrogens is 158 g/mol. The Morgan fingerprint density at radius 3 is 3.33 bits per heavy atom. The number of hydrogen-bond donors (Lipinski definition) is 2. The van der Waals surface area contributed by atoms with Gasteiger partial charge in [0.15, 0.2) is 5.65 Å². The first-order valence-corrected chi connectivity index (χ1v) is 3.66. The summed E-state index contributed by atoms with van der Waals surface area (Å²) in [5.41, 5.74) is 0.808. The summed E-state index contributed by atoms with van der Waals surface area (Å²) in [6, 6.07) is 1.84. The molecular formula is C7H9N3O2. The summed E-state index contributed by atoms with van der Waals surface area (Å²) in [5, 5.41) is 11.4. The van der Waals surface area contributed by atoms with Crippen molar-refractivity contribution in [3.05, 3.63) is 18.5 Å². The molecule has 0 amide bonds. The molecule has 2 N–H and O–H groups in total. The number of fused-ring (bicyclic) bond motifs is 1. The van der Waals surface area contributed by atoms with Gasteiger partial charge < -0.3 is 9.84 Å². The van der Waals surface area contributed by atoms with E-state index in [9.17, 15) is 0 Å². The fourth-order valence-electron chi connectivity index (χ4n) is 1.01. The van der Waals surface area contributed by atoms with Crippen molar-refractivity contribution in [3.8, 4) is 5.88 Å². The fourth-order valence-corrected chi connectivity index (χ4v) is 1.01. The molecule has 0 saturated carbocycles. The molecule has 2 aromatic rings. The van der Waals surface area contributed by atoms with Gasteiger partial charge in [-0.25, -0.2) is 4.52 Å². The largest absolute Gasteiger partial charge is 0.474 e. The van der Waals surface area contributed by atoms with Crippen LogP contribution in [0.5, 0.6) is 5.88 Å². The number of aromatic amines is 1. The third kappa shape index (κ3) is 1.14. The Morgan fingerprint density at radius 1 is 1.67 bits per heavy atom. The number of hydrogen-bond acceptors (Lipinski definition) is 3. The van der Waals surface area contributed by atoms with Gasteiger partial charge in [-0.15, -0.1) is 0 Å². The van der Waals surface area contributed by atoms with Gasteiger partial charge in [0.1, 0.15) is 6.61 Å². The third-order valence-corrected chi connectivity index (χ3v) is 1.50. The van der Waals surface area contributed by atoms with Crippen LogP contribution < -0.4 is 4.74 Å². The van der Waals surface area contributed by atoms with Gasteiger partial charge in [0.25, 0.3) is 0 Å². The van der Waals surface area contributed by atoms with Crippen molar-refractivity contribution >= 4 is 5.65 Å². The van der Waals surface area contributed by atoms with Crippen LogP contribution in [0.1, 0.15) is 0 Å². The molecule has 12 heavy (non-hydrogen) atoms. The van der Waals surface area contributed by atoms with E-state index in [1.807, 2.05) is 6.07 Å². The molecule has 0 atom stereocenters. The van der Waals surface area contributed by atoms with Crippen molar-refractivity contribution in [2.45, 2.75) is 0 Å². The number of aliphatic hydroxyl groups is 1. The zero-order valence-corrected chi connectivity index (χ0v) is 6.40. The number of rotatable bonds is 3. The van der Waals surface area contributed by atoms with Crippen molar-refractivity contribution in [3.63, 3.8) is 0 Å². The average molecular weight is 167 g/mol. The van der Waals surface area contributed by atoms with Crippen molar-refractivity contribution in [1.82, 2.24) is 14.6 Å². The molecule has 0 radical (unpaired) electrons. The van der Waals surface area contributed by atoms with Crippen LogP contribution in [-0.4, -0.2) is 32.9 Å². The van der Waals surface area contributed by atoms with Crippen molar-refractivity contribution in [2.75, 3.05) is 13.2 Å². The zero-order valence-electron chi connectivity index (χ0n) is 6.40. The van der Waals surface area contributed by atoms with Gasteiger partial charge in [-0.3, -0.25) is 5.10 Å². The van der Waals surface area contributed by atoms with E-state index in [-0.39, 0.29) is 13.2 Å². The lowest BCUT2D eigenvalue weighted by Gasteiger charge is -1.96.